The Bertz CT molecular complexity index is 581. The van der Waals surface area contributed by atoms with Crippen LogP contribution in [0.3, 0.4) is 0 Å². The molecule has 20 heavy (non-hydrogen) atoms. The van der Waals surface area contributed by atoms with E-state index in [-0.39, 0.29) is 35.0 Å². The molecule has 0 unspecified atom stereocenters. The highest BCUT2D eigenvalue weighted by Crippen LogP contribution is 2.32. The number of nitrogens with zero attached hydrogens (tertiary/aromatic N) is 1. The molecule has 1 aromatic rings. The Morgan fingerprint density at radius 2 is 1.95 bits per heavy atom. The molecule has 0 spiro atoms. The van der Waals surface area contributed by atoms with Crippen molar-refractivity contribution in [1.82, 2.24) is 0 Å². The molecular weight excluding hydrogens is 285 g/mol. The van der Waals surface area contributed by atoms with Gasteiger partial charge in [0, 0.05) is 6.54 Å². The summed E-state index contributed by atoms with van der Waals surface area (Å²) in [6.45, 7) is 6.11. The first-order valence-corrected chi connectivity index (χ1v) is 6.58. The number of ketones is 1. The van der Waals surface area contributed by atoms with E-state index in [1.54, 1.807) is 0 Å². The van der Waals surface area contributed by atoms with Crippen molar-refractivity contribution in [2.75, 3.05) is 18.1 Å². The average molecular weight is 300 g/mol. The van der Waals surface area contributed by atoms with Gasteiger partial charge < -0.3 is 9.64 Å². The Kier molecular flexibility index (Phi) is 3.84. The van der Waals surface area contributed by atoms with Crippen molar-refractivity contribution in [3.05, 3.63) is 28.5 Å². The van der Waals surface area contributed by atoms with Crippen molar-refractivity contribution in [1.29, 1.82) is 0 Å². The molecule has 0 atom stereocenters. The first-order chi connectivity index (χ1) is 9.20. The van der Waals surface area contributed by atoms with Crippen LogP contribution in [0.1, 0.15) is 31.1 Å². The molecule has 1 aliphatic heterocycles. The zero-order valence-electron chi connectivity index (χ0n) is 11.5. The first kappa shape index (κ1) is 14.9. The Morgan fingerprint density at radius 1 is 1.30 bits per heavy atom. The third-order valence-corrected chi connectivity index (χ3v) is 3.15. The highest BCUT2D eigenvalue weighted by atomic mass is 35.5. The second-order valence-electron chi connectivity index (χ2n) is 5.53. The molecule has 0 saturated heterocycles. The Hall–Kier alpha value is -1.46. The van der Waals surface area contributed by atoms with Gasteiger partial charge in [-0.2, -0.15) is 0 Å². The third-order valence-electron chi connectivity index (χ3n) is 2.86. The van der Waals surface area contributed by atoms with Gasteiger partial charge in [0.1, 0.15) is 5.82 Å². The fourth-order valence-electron chi connectivity index (χ4n) is 1.95. The zero-order chi connectivity index (χ0) is 15.1. The van der Waals surface area contributed by atoms with E-state index in [2.05, 4.69) is 0 Å². The van der Waals surface area contributed by atoms with Gasteiger partial charge in [0.15, 0.2) is 0 Å². The molecule has 6 heteroatoms. The molecular formula is C14H15ClFNO3. The van der Waals surface area contributed by atoms with E-state index in [9.17, 15) is 14.0 Å². The van der Waals surface area contributed by atoms with Crippen LogP contribution >= 0.6 is 11.6 Å². The molecule has 108 valence electrons. The number of halogens is 2. The topological polar surface area (TPSA) is 46.6 Å². The average Bonchev–Trinajstić information content (AvgIpc) is 2.54. The summed E-state index contributed by atoms with van der Waals surface area (Å²) >= 11 is 5.64. The summed E-state index contributed by atoms with van der Waals surface area (Å²) in [5.74, 6) is -2.01. The minimum Gasteiger partial charge on any atom is -0.374 e. The van der Waals surface area contributed by atoms with Crippen molar-refractivity contribution in [2.24, 2.45) is 0 Å². The molecule has 0 aromatic heterocycles. The lowest BCUT2D eigenvalue weighted by Crippen LogP contribution is -2.34. The molecule has 0 bridgehead atoms. The summed E-state index contributed by atoms with van der Waals surface area (Å²) in [6.07, 6.45) is 0. The molecule has 0 fully saturated rings. The van der Waals surface area contributed by atoms with Crippen molar-refractivity contribution >= 4 is 29.0 Å². The second kappa shape index (κ2) is 5.14. The second-order valence-corrected chi connectivity index (χ2v) is 5.94. The van der Waals surface area contributed by atoms with Crippen LogP contribution in [0.25, 0.3) is 0 Å². The van der Waals surface area contributed by atoms with Crippen molar-refractivity contribution < 1.29 is 18.7 Å². The number of hydrogen-bond acceptors (Lipinski definition) is 3. The highest BCUT2D eigenvalue weighted by Gasteiger charge is 2.36. The number of Topliss-reactive ketones (excluding diaryl/α,β-unsaturated/α-hetero) is 1. The molecule has 2 rings (SSSR count). The predicted molar refractivity (Wildman–Crippen MR) is 73.8 cm³/mol. The standard InChI is InChI=1S/C14H15ClFNO3/c1-14(2,3)20-5-4-17-11-7-10(16)9(15)6-8(11)12(18)13(17)19/h6-7H,4-5H2,1-3H3. The minimum atomic E-state index is -0.681. The number of hydrogen-bond donors (Lipinski definition) is 0. The van der Waals surface area contributed by atoms with Crippen LogP contribution in [-0.4, -0.2) is 30.4 Å². The number of carbonyl (C=O) groups is 2. The van der Waals surface area contributed by atoms with Crippen LogP contribution in [0.5, 0.6) is 0 Å². The number of carbonyl (C=O) groups excluding carboxylic acids is 2. The van der Waals surface area contributed by atoms with Crippen LogP contribution in [0.4, 0.5) is 10.1 Å². The van der Waals surface area contributed by atoms with Crippen LogP contribution in [0.15, 0.2) is 12.1 Å². The van der Waals surface area contributed by atoms with Gasteiger partial charge in [-0.15, -0.1) is 0 Å². The molecule has 1 heterocycles. The number of benzene rings is 1. The molecule has 0 radical (unpaired) electrons. The largest absolute Gasteiger partial charge is 0.374 e. The SMILES string of the molecule is CC(C)(C)OCCN1C(=O)C(=O)c2cc(Cl)c(F)cc21. The van der Waals surface area contributed by atoms with Crippen molar-refractivity contribution in [3.63, 3.8) is 0 Å². The molecule has 1 aliphatic rings. The van der Waals surface area contributed by atoms with Crippen LogP contribution < -0.4 is 4.90 Å². The fourth-order valence-corrected chi connectivity index (χ4v) is 2.12. The molecule has 1 amide bonds. The van der Waals surface area contributed by atoms with Crippen molar-refractivity contribution in [3.8, 4) is 0 Å². The van der Waals surface area contributed by atoms with E-state index >= 15 is 0 Å². The lowest BCUT2D eigenvalue weighted by molar-refractivity contribution is -0.114. The lowest BCUT2D eigenvalue weighted by Gasteiger charge is -2.22. The van der Waals surface area contributed by atoms with Crippen LogP contribution in [0, 0.1) is 5.82 Å². The smallest absolute Gasteiger partial charge is 0.299 e. The summed E-state index contributed by atoms with van der Waals surface area (Å²) < 4.78 is 19.0. The zero-order valence-corrected chi connectivity index (χ0v) is 12.3. The van der Waals surface area contributed by atoms with E-state index < -0.39 is 17.5 Å². The summed E-state index contributed by atoms with van der Waals surface area (Å²) in [6, 6.07) is 2.30. The fraction of sp³-hybridized carbons (Fsp3) is 0.429. The molecule has 0 N–H and O–H groups in total. The van der Waals surface area contributed by atoms with Gasteiger partial charge in [0.05, 0.1) is 28.5 Å². The molecule has 1 aromatic carbocycles. The van der Waals surface area contributed by atoms with Gasteiger partial charge in [-0.3, -0.25) is 9.59 Å². The Labute approximate surface area is 121 Å². The quantitative estimate of drug-likeness (QED) is 0.806. The van der Waals surface area contributed by atoms with Gasteiger partial charge in [-0.25, -0.2) is 4.39 Å². The first-order valence-electron chi connectivity index (χ1n) is 6.20. The third kappa shape index (κ3) is 2.83. The minimum absolute atomic E-state index is 0.136. The van der Waals surface area contributed by atoms with E-state index in [1.807, 2.05) is 20.8 Å². The summed E-state index contributed by atoms with van der Waals surface area (Å²) in [7, 11) is 0. The Morgan fingerprint density at radius 3 is 2.55 bits per heavy atom. The van der Waals surface area contributed by atoms with Crippen molar-refractivity contribution in [2.45, 2.75) is 26.4 Å². The van der Waals surface area contributed by atoms with E-state index in [0.717, 1.165) is 6.07 Å². The Balaban J connectivity index is 2.22. The van der Waals surface area contributed by atoms with Gasteiger partial charge in [0.25, 0.3) is 11.7 Å². The van der Waals surface area contributed by atoms with Gasteiger partial charge >= 0.3 is 0 Å². The maximum atomic E-state index is 13.5. The predicted octanol–water partition coefficient (Wildman–Crippen LogP) is 2.82. The van der Waals surface area contributed by atoms with E-state index in [4.69, 9.17) is 16.3 Å². The lowest BCUT2D eigenvalue weighted by atomic mass is 10.1. The number of anilines is 1. The normalized spacial score (nSPS) is 14.9. The number of amides is 1. The molecule has 0 saturated carbocycles. The highest BCUT2D eigenvalue weighted by molar-refractivity contribution is 6.52. The monoisotopic (exact) mass is 299 g/mol. The van der Waals surface area contributed by atoms with Gasteiger partial charge in [-0.1, -0.05) is 11.6 Å². The number of fused-ring (bicyclic) bond motifs is 1. The van der Waals surface area contributed by atoms with Crippen LogP contribution in [0.2, 0.25) is 5.02 Å². The number of ether oxygens (including phenoxy) is 1. The molecule has 4 nitrogen and oxygen atoms in total. The summed E-state index contributed by atoms with van der Waals surface area (Å²) in [4.78, 5) is 24.9. The summed E-state index contributed by atoms with van der Waals surface area (Å²) in [5.41, 5.74) is 0.0393. The van der Waals surface area contributed by atoms with Gasteiger partial charge in [0.2, 0.25) is 0 Å². The molecule has 0 aliphatic carbocycles. The van der Waals surface area contributed by atoms with E-state index in [0.29, 0.717) is 0 Å². The maximum Gasteiger partial charge on any atom is 0.299 e. The number of rotatable bonds is 3. The summed E-state index contributed by atoms with van der Waals surface area (Å²) in [5, 5.41) is -0.169. The maximum absolute atomic E-state index is 13.5. The van der Waals surface area contributed by atoms with Crippen LogP contribution in [-0.2, 0) is 9.53 Å². The van der Waals surface area contributed by atoms with E-state index in [1.165, 1.54) is 11.0 Å². The van der Waals surface area contributed by atoms with Gasteiger partial charge in [-0.05, 0) is 32.9 Å².